The van der Waals surface area contributed by atoms with E-state index in [4.69, 9.17) is 5.11 Å². The van der Waals surface area contributed by atoms with Gasteiger partial charge in [-0.05, 0) is 32.6 Å². The third-order valence-electron chi connectivity index (χ3n) is 3.99. The molecule has 0 aliphatic carbocycles. The molecule has 1 saturated heterocycles. The summed E-state index contributed by atoms with van der Waals surface area (Å²) in [6.45, 7) is 4.61. The number of carbonyl (C=O) groups is 3. The lowest BCUT2D eigenvalue weighted by Crippen LogP contribution is -2.46. The fourth-order valence-electron chi connectivity index (χ4n) is 2.75. The number of likely N-dealkylation sites (tertiary alicyclic amines) is 1. The topological polar surface area (TPSA) is 86.7 Å². The zero-order chi connectivity index (χ0) is 15.8. The van der Waals surface area contributed by atoms with E-state index in [0.717, 1.165) is 19.3 Å². The lowest BCUT2D eigenvalue weighted by atomic mass is 9.91. The van der Waals surface area contributed by atoms with Gasteiger partial charge in [-0.2, -0.15) is 0 Å². The van der Waals surface area contributed by atoms with Gasteiger partial charge in [-0.1, -0.05) is 6.42 Å². The summed E-state index contributed by atoms with van der Waals surface area (Å²) in [5.41, 5.74) is 0. The van der Waals surface area contributed by atoms with E-state index in [1.54, 1.807) is 0 Å². The Morgan fingerprint density at radius 1 is 1.24 bits per heavy atom. The van der Waals surface area contributed by atoms with Crippen LogP contribution in [0.3, 0.4) is 0 Å². The molecule has 0 aromatic heterocycles. The molecule has 1 fully saturated rings. The van der Waals surface area contributed by atoms with Crippen molar-refractivity contribution in [3.05, 3.63) is 0 Å². The number of unbranched alkanes of at least 4 members (excludes halogenated alkanes) is 2. The molecule has 0 radical (unpaired) electrons. The summed E-state index contributed by atoms with van der Waals surface area (Å²) in [6, 6.07) is 0.00623. The van der Waals surface area contributed by atoms with Crippen molar-refractivity contribution in [2.75, 3.05) is 13.1 Å². The van der Waals surface area contributed by atoms with E-state index in [0.29, 0.717) is 32.4 Å². The van der Waals surface area contributed by atoms with Crippen LogP contribution in [0.25, 0.3) is 0 Å². The maximum absolute atomic E-state index is 12.1. The Bertz CT molecular complexity index is 384. The summed E-state index contributed by atoms with van der Waals surface area (Å²) >= 11 is 0. The van der Waals surface area contributed by atoms with Crippen LogP contribution in [0.1, 0.15) is 52.4 Å². The van der Waals surface area contributed by atoms with Gasteiger partial charge < -0.3 is 15.3 Å². The zero-order valence-electron chi connectivity index (χ0n) is 12.9. The summed E-state index contributed by atoms with van der Waals surface area (Å²) in [5.74, 6) is -0.985. The molecule has 1 aliphatic rings. The third kappa shape index (κ3) is 6.14. The molecule has 0 bridgehead atoms. The molecule has 1 heterocycles. The highest BCUT2D eigenvalue weighted by Crippen LogP contribution is 2.23. The third-order valence-corrected chi connectivity index (χ3v) is 3.99. The Hall–Kier alpha value is -1.59. The number of rotatable bonds is 7. The normalized spacial score (nSPS) is 21.9. The lowest BCUT2D eigenvalue weighted by molar-refractivity contribution is -0.147. The fourth-order valence-corrected chi connectivity index (χ4v) is 2.75. The van der Waals surface area contributed by atoms with E-state index in [1.807, 2.05) is 11.8 Å². The number of hydrogen-bond donors (Lipinski definition) is 2. The molecule has 2 unspecified atom stereocenters. The van der Waals surface area contributed by atoms with Gasteiger partial charge in [-0.3, -0.25) is 14.4 Å². The summed E-state index contributed by atoms with van der Waals surface area (Å²) in [6.07, 6.45) is 4.19. The number of hydrogen-bond acceptors (Lipinski definition) is 3. The van der Waals surface area contributed by atoms with Gasteiger partial charge in [-0.25, -0.2) is 0 Å². The summed E-state index contributed by atoms with van der Waals surface area (Å²) in [7, 11) is 0. The number of carboxylic acid groups (broad SMARTS) is 1. The molecule has 1 aliphatic heterocycles. The fraction of sp³-hybridized carbons (Fsp3) is 0.800. The first kappa shape index (κ1) is 17.5. The monoisotopic (exact) mass is 298 g/mol. The van der Waals surface area contributed by atoms with Crippen molar-refractivity contribution in [2.45, 2.75) is 58.4 Å². The molecule has 6 heteroatoms. The molecule has 21 heavy (non-hydrogen) atoms. The Labute approximate surface area is 125 Å². The van der Waals surface area contributed by atoms with Crippen molar-refractivity contribution in [3.63, 3.8) is 0 Å². The van der Waals surface area contributed by atoms with Crippen LogP contribution < -0.4 is 5.32 Å². The molecule has 2 amide bonds. The molecule has 0 spiro atoms. The van der Waals surface area contributed by atoms with Crippen molar-refractivity contribution >= 4 is 17.8 Å². The minimum absolute atomic E-state index is 0.00623. The Kier molecular flexibility index (Phi) is 7.19. The predicted molar refractivity (Wildman–Crippen MR) is 78.7 cm³/mol. The number of aliphatic carboxylic acids is 1. The van der Waals surface area contributed by atoms with Crippen LogP contribution in [-0.2, 0) is 14.4 Å². The van der Waals surface area contributed by atoms with E-state index in [2.05, 4.69) is 5.32 Å². The average molecular weight is 298 g/mol. The van der Waals surface area contributed by atoms with Gasteiger partial charge in [0.25, 0.3) is 0 Å². The van der Waals surface area contributed by atoms with Gasteiger partial charge in [0, 0.05) is 32.5 Å². The van der Waals surface area contributed by atoms with Crippen molar-refractivity contribution in [3.8, 4) is 0 Å². The second-order valence-corrected chi connectivity index (χ2v) is 5.79. The van der Waals surface area contributed by atoms with Gasteiger partial charge in [0.2, 0.25) is 11.8 Å². The Morgan fingerprint density at radius 3 is 2.52 bits per heavy atom. The Balaban J connectivity index is 2.20. The predicted octanol–water partition coefficient (Wildman–Crippen LogP) is 1.39. The molecule has 0 aromatic rings. The van der Waals surface area contributed by atoms with Crippen molar-refractivity contribution in [1.29, 1.82) is 0 Å². The SMILES string of the molecule is CC(=O)NCCCCCC(=O)N1CCC(C(=O)O)CC1C. The lowest BCUT2D eigenvalue weighted by Gasteiger charge is -2.36. The number of amides is 2. The molecule has 2 atom stereocenters. The molecular formula is C15H26N2O4. The zero-order valence-corrected chi connectivity index (χ0v) is 12.9. The average Bonchev–Trinajstić information content (AvgIpc) is 2.41. The first-order valence-electron chi connectivity index (χ1n) is 7.68. The number of piperidine rings is 1. The summed E-state index contributed by atoms with van der Waals surface area (Å²) in [5, 5.41) is 11.7. The van der Waals surface area contributed by atoms with Gasteiger partial charge in [0.15, 0.2) is 0 Å². The van der Waals surface area contributed by atoms with E-state index in [-0.39, 0.29) is 23.8 Å². The first-order valence-corrected chi connectivity index (χ1v) is 7.68. The van der Waals surface area contributed by atoms with Crippen LogP contribution in [0.2, 0.25) is 0 Å². The maximum atomic E-state index is 12.1. The molecule has 1 rings (SSSR count). The minimum atomic E-state index is -0.757. The largest absolute Gasteiger partial charge is 0.481 e. The number of carboxylic acids is 1. The number of nitrogens with one attached hydrogen (secondary N) is 1. The second kappa shape index (κ2) is 8.64. The summed E-state index contributed by atoms with van der Waals surface area (Å²) in [4.78, 5) is 35.6. The molecule has 0 saturated carbocycles. The first-order chi connectivity index (χ1) is 9.91. The van der Waals surface area contributed by atoms with E-state index in [1.165, 1.54) is 6.92 Å². The summed E-state index contributed by atoms with van der Waals surface area (Å²) < 4.78 is 0. The Morgan fingerprint density at radius 2 is 1.95 bits per heavy atom. The van der Waals surface area contributed by atoms with Crippen molar-refractivity contribution < 1.29 is 19.5 Å². The van der Waals surface area contributed by atoms with Gasteiger partial charge in [0.05, 0.1) is 5.92 Å². The quantitative estimate of drug-likeness (QED) is 0.695. The van der Waals surface area contributed by atoms with Crippen LogP contribution in [0.15, 0.2) is 0 Å². The highest BCUT2D eigenvalue weighted by Gasteiger charge is 2.31. The highest BCUT2D eigenvalue weighted by atomic mass is 16.4. The molecule has 6 nitrogen and oxygen atoms in total. The van der Waals surface area contributed by atoms with E-state index >= 15 is 0 Å². The van der Waals surface area contributed by atoms with Crippen molar-refractivity contribution in [1.82, 2.24) is 10.2 Å². The molecule has 0 aromatic carbocycles. The maximum Gasteiger partial charge on any atom is 0.306 e. The van der Waals surface area contributed by atoms with E-state index in [9.17, 15) is 14.4 Å². The van der Waals surface area contributed by atoms with Crippen molar-refractivity contribution in [2.24, 2.45) is 5.92 Å². The van der Waals surface area contributed by atoms with Crippen LogP contribution >= 0.6 is 0 Å². The van der Waals surface area contributed by atoms with Gasteiger partial charge >= 0.3 is 5.97 Å². The van der Waals surface area contributed by atoms with Gasteiger partial charge in [-0.15, -0.1) is 0 Å². The van der Waals surface area contributed by atoms with Gasteiger partial charge in [0.1, 0.15) is 0 Å². The standard InChI is InChI=1S/C15H26N2O4/c1-11-10-13(15(20)21)7-9-17(11)14(19)6-4-3-5-8-16-12(2)18/h11,13H,3-10H2,1-2H3,(H,16,18)(H,20,21). The van der Waals surface area contributed by atoms with Crippen LogP contribution in [-0.4, -0.2) is 46.9 Å². The molecule has 120 valence electrons. The second-order valence-electron chi connectivity index (χ2n) is 5.79. The minimum Gasteiger partial charge on any atom is -0.481 e. The van der Waals surface area contributed by atoms with Crippen LogP contribution in [0.5, 0.6) is 0 Å². The van der Waals surface area contributed by atoms with E-state index < -0.39 is 5.97 Å². The molecular weight excluding hydrogens is 272 g/mol. The highest BCUT2D eigenvalue weighted by molar-refractivity contribution is 5.77. The number of carbonyl (C=O) groups excluding carboxylic acids is 2. The number of nitrogens with zero attached hydrogens (tertiary/aromatic N) is 1. The smallest absolute Gasteiger partial charge is 0.306 e. The van der Waals surface area contributed by atoms with Crippen LogP contribution in [0, 0.1) is 5.92 Å². The van der Waals surface area contributed by atoms with Crippen LogP contribution in [0.4, 0.5) is 0 Å². The molecule has 2 N–H and O–H groups in total.